The van der Waals surface area contributed by atoms with Crippen molar-refractivity contribution in [3.63, 3.8) is 0 Å². The van der Waals surface area contributed by atoms with Crippen LogP contribution in [0.25, 0.3) is 0 Å². The summed E-state index contributed by atoms with van der Waals surface area (Å²) < 4.78 is 13.2. The molecule has 1 aromatic rings. The summed E-state index contributed by atoms with van der Waals surface area (Å²) >= 11 is 0. The van der Waals surface area contributed by atoms with E-state index in [9.17, 15) is 9.50 Å². The topological polar surface area (TPSA) is 23.5 Å². The molecule has 0 radical (unpaired) electrons. The number of anilines is 1. The summed E-state index contributed by atoms with van der Waals surface area (Å²) in [5.41, 5.74) is 1.63. The van der Waals surface area contributed by atoms with Gasteiger partial charge in [0.2, 0.25) is 0 Å². The number of nitrogens with zero attached hydrogens (tertiary/aromatic N) is 1. The Morgan fingerprint density at radius 1 is 1.39 bits per heavy atom. The van der Waals surface area contributed by atoms with E-state index in [0.717, 1.165) is 11.6 Å². The highest BCUT2D eigenvalue weighted by atomic mass is 19.1. The molecule has 18 heavy (non-hydrogen) atoms. The highest BCUT2D eigenvalue weighted by Crippen LogP contribution is 2.31. The molecule has 2 atom stereocenters. The van der Waals surface area contributed by atoms with E-state index in [1.54, 1.807) is 6.07 Å². The summed E-state index contributed by atoms with van der Waals surface area (Å²) in [6.45, 7) is 2.18. The van der Waals surface area contributed by atoms with Crippen LogP contribution in [-0.4, -0.2) is 18.2 Å². The minimum atomic E-state index is -0.284. The lowest BCUT2D eigenvalue weighted by Gasteiger charge is -2.36. The molecule has 2 unspecified atom stereocenters. The molecule has 0 amide bonds. The van der Waals surface area contributed by atoms with Crippen molar-refractivity contribution in [2.45, 2.75) is 45.3 Å². The normalized spacial score (nSPS) is 24.0. The van der Waals surface area contributed by atoms with Crippen molar-refractivity contribution < 1.29 is 9.50 Å². The second kappa shape index (κ2) is 5.70. The first-order chi connectivity index (χ1) is 8.61. The van der Waals surface area contributed by atoms with Crippen molar-refractivity contribution >= 4 is 5.69 Å². The Labute approximate surface area is 108 Å². The van der Waals surface area contributed by atoms with Crippen LogP contribution in [-0.2, 0) is 6.61 Å². The first-order valence-electron chi connectivity index (χ1n) is 6.74. The van der Waals surface area contributed by atoms with Crippen LogP contribution in [0, 0.1) is 11.7 Å². The molecular weight excluding hydrogens is 229 g/mol. The largest absolute Gasteiger partial charge is 0.392 e. The lowest BCUT2D eigenvalue weighted by Crippen LogP contribution is -2.36. The fourth-order valence-electron chi connectivity index (χ4n) is 2.98. The lowest BCUT2D eigenvalue weighted by atomic mass is 9.86. The quantitative estimate of drug-likeness (QED) is 0.890. The van der Waals surface area contributed by atoms with Crippen LogP contribution in [0.4, 0.5) is 10.1 Å². The molecule has 0 spiro atoms. The Hall–Kier alpha value is -1.09. The predicted octanol–water partition coefficient (Wildman–Crippen LogP) is 3.33. The van der Waals surface area contributed by atoms with Gasteiger partial charge < -0.3 is 10.0 Å². The van der Waals surface area contributed by atoms with E-state index in [0.29, 0.717) is 11.6 Å². The minimum absolute atomic E-state index is 0.111. The Bertz CT molecular complexity index is 407. The first-order valence-corrected chi connectivity index (χ1v) is 6.74. The second-order valence-electron chi connectivity index (χ2n) is 5.47. The number of rotatable bonds is 3. The van der Waals surface area contributed by atoms with E-state index in [1.165, 1.54) is 37.8 Å². The third kappa shape index (κ3) is 2.83. The van der Waals surface area contributed by atoms with Gasteiger partial charge in [-0.25, -0.2) is 4.39 Å². The van der Waals surface area contributed by atoms with Crippen molar-refractivity contribution in [3.05, 3.63) is 29.6 Å². The molecule has 0 aromatic heterocycles. The number of hydrogen-bond acceptors (Lipinski definition) is 2. The van der Waals surface area contributed by atoms with Gasteiger partial charge in [-0.3, -0.25) is 0 Å². The van der Waals surface area contributed by atoms with Crippen LogP contribution < -0.4 is 4.90 Å². The van der Waals surface area contributed by atoms with Crippen molar-refractivity contribution in [2.24, 2.45) is 5.92 Å². The van der Waals surface area contributed by atoms with Crippen LogP contribution in [0.3, 0.4) is 0 Å². The molecule has 0 aliphatic heterocycles. The van der Waals surface area contributed by atoms with E-state index in [2.05, 4.69) is 18.9 Å². The van der Waals surface area contributed by atoms with Crippen LogP contribution in [0.15, 0.2) is 18.2 Å². The summed E-state index contributed by atoms with van der Waals surface area (Å²) in [6, 6.07) is 5.18. The van der Waals surface area contributed by atoms with Gasteiger partial charge in [0, 0.05) is 24.3 Å². The van der Waals surface area contributed by atoms with E-state index in [-0.39, 0.29) is 12.4 Å². The Morgan fingerprint density at radius 2 is 2.17 bits per heavy atom. The summed E-state index contributed by atoms with van der Waals surface area (Å²) in [7, 11) is 2.05. The number of aliphatic hydroxyl groups is 1. The molecule has 1 aliphatic carbocycles. The molecule has 0 bridgehead atoms. The average molecular weight is 251 g/mol. The smallest absolute Gasteiger partial charge is 0.123 e. The number of halogens is 1. The van der Waals surface area contributed by atoms with Crippen molar-refractivity contribution in [1.29, 1.82) is 0 Å². The van der Waals surface area contributed by atoms with Gasteiger partial charge in [0.15, 0.2) is 0 Å². The summed E-state index contributed by atoms with van der Waals surface area (Å²) in [5, 5.41) is 9.35. The molecule has 1 saturated carbocycles. The summed E-state index contributed by atoms with van der Waals surface area (Å²) in [6.07, 6.45) is 4.92. The first kappa shape index (κ1) is 13.3. The van der Waals surface area contributed by atoms with Crippen molar-refractivity contribution in [3.8, 4) is 0 Å². The molecule has 100 valence electrons. The number of benzene rings is 1. The molecule has 0 saturated heterocycles. The molecule has 1 fully saturated rings. The molecule has 2 nitrogen and oxygen atoms in total. The Kier molecular flexibility index (Phi) is 4.23. The SMILES string of the molecule is CC1CCCC(N(C)c2ccc(F)cc2CO)C1. The standard InChI is InChI=1S/C15H22FNO/c1-11-4-3-5-14(8-11)17(2)15-7-6-13(16)9-12(15)10-18/h6-7,9,11,14,18H,3-5,8,10H2,1-2H3. The maximum atomic E-state index is 13.2. The van der Waals surface area contributed by atoms with Gasteiger partial charge in [0.05, 0.1) is 6.61 Å². The van der Waals surface area contributed by atoms with Gasteiger partial charge in [-0.1, -0.05) is 19.8 Å². The fourth-order valence-corrected chi connectivity index (χ4v) is 2.98. The zero-order valence-corrected chi connectivity index (χ0v) is 11.2. The summed E-state index contributed by atoms with van der Waals surface area (Å²) in [4.78, 5) is 2.21. The van der Waals surface area contributed by atoms with E-state index >= 15 is 0 Å². The van der Waals surface area contributed by atoms with Gasteiger partial charge in [-0.2, -0.15) is 0 Å². The zero-order chi connectivity index (χ0) is 13.1. The molecule has 1 aromatic carbocycles. The van der Waals surface area contributed by atoms with E-state index in [1.807, 2.05) is 0 Å². The molecular formula is C15H22FNO. The van der Waals surface area contributed by atoms with Crippen molar-refractivity contribution in [2.75, 3.05) is 11.9 Å². The number of aliphatic hydroxyl groups excluding tert-OH is 1. The summed E-state index contributed by atoms with van der Waals surface area (Å²) in [5.74, 6) is 0.470. The monoisotopic (exact) mass is 251 g/mol. The third-order valence-electron chi connectivity index (χ3n) is 4.05. The molecule has 1 aliphatic rings. The van der Waals surface area contributed by atoms with Gasteiger partial charge in [-0.15, -0.1) is 0 Å². The van der Waals surface area contributed by atoms with Crippen molar-refractivity contribution in [1.82, 2.24) is 0 Å². The maximum Gasteiger partial charge on any atom is 0.123 e. The van der Waals surface area contributed by atoms with Crippen LogP contribution in [0.2, 0.25) is 0 Å². The molecule has 3 heteroatoms. The van der Waals surface area contributed by atoms with Crippen LogP contribution in [0.5, 0.6) is 0 Å². The van der Waals surface area contributed by atoms with E-state index < -0.39 is 0 Å². The highest BCUT2D eigenvalue weighted by molar-refractivity contribution is 5.53. The van der Waals surface area contributed by atoms with Gasteiger partial charge in [0.1, 0.15) is 5.82 Å². The van der Waals surface area contributed by atoms with E-state index in [4.69, 9.17) is 0 Å². The highest BCUT2D eigenvalue weighted by Gasteiger charge is 2.23. The average Bonchev–Trinajstić information content (AvgIpc) is 2.37. The third-order valence-corrected chi connectivity index (χ3v) is 4.05. The van der Waals surface area contributed by atoms with Gasteiger partial charge >= 0.3 is 0 Å². The van der Waals surface area contributed by atoms with Gasteiger partial charge in [-0.05, 0) is 37.0 Å². The molecule has 0 heterocycles. The number of hydrogen-bond donors (Lipinski definition) is 1. The second-order valence-corrected chi connectivity index (χ2v) is 5.47. The Balaban J connectivity index is 2.19. The van der Waals surface area contributed by atoms with Crippen LogP contribution >= 0.6 is 0 Å². The maximum absolute atomic E-state index is 13.2. The predicted molar refractivity (Wildman–Crippen MR) is 72.1 cm³/mol. The molecule has 1 N–H and O–H groups in total. The fraction of sp³-hybridized carbons (Fsp3) is 0.600. The van der Waals surface area contributed by atoms with Gasteiger partial charge in [0.25, 0.3) is 0 Å². The minimum Gasteiger partial charge on any atom is -0.392 e. The molecule has 2 rings (SSSR count). The lowest BCUT2D eigenvalue weighted by molar-refractivity contribution is 0.280. The zero-order valence-electron chi connectivity index (χ0n) is 11.2. The van der Waals surface area contributed by atoms with Crippen LogP contribution in [0.1, 0.15) is 38.2 Å². The Morgan fingerprint density at radius 3 is 2.83 bits per heavy atom.